The molecule has 0 aliphatic heterocycles. The molecule has 166 valence electrons. The molecule has 0 amide bonds. The van der Waals surface area contributed by atoms with Crippen molar-refractivity contribution in [1.82, 2.24) is 9.88 Å². The van der Waals surface area contributed by atoms with Crippen LogP contribution < -0.4 is 10.1 Å². The summed E-state index contributed by atoms with van der Waals surface area (Å²) in [5.74, 6) is 0.881. The fraction of sp³-hybridized carbons (Fsp3) is 0.200. The van der Waals surface area contributed by atoms with E-state index in [9.17, 15) is 0 Å². The summed E-state index contributed by atoms with van der Waals surface area (Å²) in [5, 5.41) is 7.62. The summed E-state index contributed by atoms with van der Waals surface area (Å²) < 4.78 is 7.79. The molecule has 1 aromatic heterocycles. The van der Waals surface area contributed by atoms with Crippen LogP contribution in [0, 0.1) is 0 Å². The molecular weight excluding hydrogens is 404 g/mol. The van der Waals surface area contributed by atoms with E-state index in [-0.39, 0.29) is 6.04 Å². The van der Waals surface area contributed by atoms with Crippen LogP contribution in [-0.2, 0) is 13.1 Å². The second-order valence-corrected chi connectivity index (χ2v) is 8.58. The third-order valence-electron chi connectivity index (χ3n) is 6.57. The largest absolute Gasteiger partial charge is 0.497 e. The second kappa shape index (κ2) is 9.13. The van der Waals surface area contributed by atoms with Gasteiger partial charge in [-0.15, -0.1) is 0 Å². The Hall–Kier alpha value is -3.56. The molecule has 0 aliphatic carbocycles. The van der Waals surface area contributed by atoms with Gasteiger partial charge >= 0.3 is 0 Å². The van der Waals surface area contributed by atoms with E-state index in [4.69, 9.17) is 4.74 Å². The lowest BCUT2D eigenvalue weighted by atomic mass is 9.99. The first-order valence-electron chi connectivity index (χ1n) is 11.6. The highest BCUT2D eigenvalue weighted by atomic mass is 16.5. The summed E-state index contributed by atoms with van der Waals surface area (Å²) in [4.78, 5) is 0. The van der Waals surface area contributed by atoms with E-state index < -0.39 is 0 Å². The zero-order valence-electron chi connectivity index (χ0n) is 19.5. The Balaban J connectivity index is 1.45. The number of ether oxygens (including phenoxy) is 1. The van der Waals surface area contributed by atoms with Crippen LogP contribution in [0.15, 0.2) is 91.1 Å². The monoisotopic (exact) mass is 434 g/mol. The molecule has 0 bridgehead atoms. The van der Waals surface area contributed by atoms with Crippen molar-refractivity contribution in [3.8, 4) is 16.9 Å². The van der Waals surface area contributed by atoms with Gasteiger partial charge in [-0.3, -0.25) is 0 Å². The summed E-state index contributed by atoms with van der Waals surface area (Å²) in [5.41, 5.74) is 6.31. The molecule has 1 N–H and O–H groups in total. The smallest absolute Gasteiger partial charge is 0.119 e. The molecule has 5 rings (SSSR count). The molecule has 1 heterocycles. The Labute approximate surface area is 195 Å². The molecule has 5 aromatic rings. The van der Waals surface area contributed by atoms with Gasteiger partial charge in [0.1, 0.15) is 5.75 Å². The molecule has 33 heavy (non-hydrogen) atoms. The number of aromatic nitrogens is 1. The van der Waals surface area contributed by atoms with Crippen LogP contribution in [0.4, 0.5) is 0 Å². The van der Waals surface area contributed by atoms with Crippen molar-refractivity contribution in [2.45, 2.75) is 33.0 Å². The third kappa shape index (κ3) is 4.12. The molecule has 4 aromatic carbocycles. The van der Waals surface area contributed by atoms with E-state index in [0.29, 0.717) is 0 Å². The number of aryl methyl sites for hydroxylation is 1. The van der Waals surface area contributed by atoms with Crippen LogP contribution in [0.3, 0.4) is 0 Å². The summed E-state index contributed by atoms with van der Waals surface area (Å²) in [7, 11) is 1.72. The summed E-state index contributed by atoms with van der Waals surface area (Å²) in [6.07, 6.45) is 2.26. The Morgan fingerprint density at radius 2 is 1.70 bits per heavy atom. The first-order chi connectivity index (χ1) is 16.2. The minimum atomic E-state index is 0.255. The van der Waals surface area contributed by atoms with Crippen molar-refractivity contribution in [2.24, 2.45) is 0 Å². The topological polar surface area (TPSA) is 26.2 Å². The number of hydrogen-bond donors (Lipinski definition) is 1. The zero-order chi connectivity index (χ0) is 22.8. The predicted molar refractivity (Wildman–Crippen MR) is 139 cm³/mol. The molecular formula is C30H30N2O. The number of methoxy groups -OCH3 is 1. The van der Waals surface area contributed by atoms with Crippen LogP contribution in [0.5, 0.6) is 5.75 Å². The molecule has 1 atom stereocenters. The Kier molecular flexibility index (Phi) is 5.89. The van der Waals surface area contributed by atoms with Gasteiger partial charge in [0.2, 0.25) is 0 Å². The lowest BCUT2D eigenvalue weighted by Gasteiger charge is -2.17. The first kappa shape index (κ1) is 21.3. The summed E-state index contributed by atoms with van der Waals surface area (Å²) in [6, 6.07) is 30.6. The second-order valence-electron chi connectivity index (χ2n) is 8.58. The average Bonchev–Trinajstić information content (AvgIpc) is 3.25. The van der Waals surface area contributed by atoms with Gasteiger partial charge in [0, 0.05) is 41.8 Å². The van der Waals surface area contributed by atoms with Gasteiger partial charge in [0.15, 0.2) is 0 Å². The Bertz CT molecular complexity index is 1410. The number of hydrogen-bond acceptors (Lipinski definition) is 2. The zero-order valence-corrected chi connectivity index (χ0v) is 19.5. The summed E-state index contributed by atoms with van der Waals surface area (Å²) in [6.45, 7) is 6.19. The molecule has 3 nitrogen and oxygen atoms in total. The quantitative estimate of drug-likeness (QED) is 0.290. The lowest BCUT2D eigenvalue weighted by molar-refractivity contribution is 0.415. The first-order valence-corrected chi connectivity index (χ1v) is 11.6. The molecule has 3 heteroatoms. The molecule has 0 fully saturated rings. The van der Waals surface area contributed by atoms with Gasteiger partial charge in [-0.2, -0.15) is 0 Å². The van der Waals surface area contributed by atoms with E-state index in [2.05, 4.69) is 109 Å². The summed E-state index contributed by atoms with van der Waals surface area (Å²) >= 11 is 0. The minimum Gasteiger partial charge on any atom is -0.497 e. The van der Waals surface area contributed by atoms with E-state index in [1.807, 2.05) is 6.07 Å². The van der Waals surface area contributed by atoms with E-state index in [1.165, 1.54) is 43.9 Å². The molecule has 0 saturated heterocycles. The third-order valence-corrected chi connectivity index (χ3v) is 6.57. The maximum atomic E-state index is 5.47. The van der Waals surface area contributed by atoms with Crippen molar-refractivity contribution in [1.29, 1.82) is 0 Å². The van der Waals surface area contributed by atoms with Gasteiger partial charge in [-0.1, -0.05) is 60.7 Å². The van der Waals surface area contributed by atoms with Crippen LogP contribution in [-0.4, -0.2) is 11.7 Å². The van der Waals surface area contributed by atoms with Crippen LogP contribution >= 0.6 is 0 Å². The van der Waals surface area contributed by atoms with Crippen LogP contribution in [0.2, 0.25) is 0 Å². The number of fused-ring (bicyclic) bond motifs is 2. The maximum Gasteiger partial charge on any atom is 0.119 e. The highest BCUT2D eigenvalue weighted by Crippen LogP contribution is 2.33. The standard InChI is InChI=1S/C30H30N2O/c1-4-32-20-29(24-11-7-12-25(18-24)33-3)28-17-22(15-16-30(28)32)19-31-21(2)26-14-8-10-23-9-5-6-13-27(23)26/h5-18,20-21,31H,4,19H2,1-3H3. The average molecular weight is 435 g/mol. The molecule has 0 aliphatic rings. The van der Waals surface area contributed by atoms with Crippen molar-refractivity contribution < 1.29 is 4.74 Å². The van der Waals surface area contributed by atoms with E-state index in [0.717, 1.165) is 18.8 Å². The van der Waals surface area contributed by atoms with Crippen molar-refractivity contribution in [3.63, 3.8) is 0 Å². The fourth-order valence-corrected chi connectivity index (χ4v) is 4.75. The van der Waals surface area contributed by atoms with Gasteiger partial charge in [-0.05, 0) is 65.6 Å². The molecule has 0 radical (unpaired) electrons. The Morgan fingerprint density at radius 1 is 0.879 bits per heavy atom. The van der Waals surface area contributed by atoms with Crippen molar-refractivity contribution in [2.75, 3.05) is 7.11 Å². The van der Waals surface area contributed by atoms with Crippen LogP contribution in [0.1, 0.15) is 31.0 Å². The van der Waals surface area contributed by atoms with Gasteiger partial charge in [0.05, 0.1) is 7.11 Å². The van der Waals surface area contributed by atoms with Gasteiger partial charge < -0.3 is 14.6 Å². The SMILES string of the molecule is CCn1cc(-c2cccc(OC)c2)c2cc(CNC(C)c3cccc4ccccc34)ccc21. The highest BCUT2D eigenvalue weighted by Gasteiger charge is 2.13. The Morgan fingerprint density at radius 3 is 2.55 bits per heavy atom. The van der Waals surface area contributed by atoms with Gasteiger partial charge in [0.25, 0.3) is 0 Å². The van der Waals surface area contributed by atoms with E-state index >= 15 is 0 Å². The van der Waals surface area contributed by atoms with Crippen molar-refractivity contribution in [3.05, 3.63) is 102 Å². The van der Waals surface area contributed by atoms with Crippen molar-refractivity contribution >= 4 is 21.7 Å². The van der Waals surface area contributed by atoms with Crippen LogP contribution in [0.25, 0.3) is 32.8 Å². The normalized spacial score (nSPS) is 12.3. The molecule has 1 unspecified atom stereocenters. The molecule has 0 spiro atoms. The number of nitrogens with one attached hydrogen (secondary N) is 1. The predicted octanol–water partition coefficient (Wildman–Crippen LogP) is 7.34. The number of rotatable bonds is 7. The fourth-order valence-electron chi connectivity index (χ4n) is 4.75. The van der Waals surface area contributed by atoms with Gasteiger partial charge in [-0.25, -0.2) is 0 Å². The number of nitrogens with zero attached hydrogens (tertiary/aromatic N) is 1. The van der Waals surface area contributed by atoms with E-state index in [1.54, 1.807) is 7.11 Å². The number of benzene rings is 4. The minimum absolute atomic E-state index is 0.255. The highest BCUT2D eigenvalue weighted by molar-refractivity contribution is 5.96. The molecule has 0 saturated carbocycles. The maximum absolute atomic E-state index is 5.47. The lowest BCUT2D eigenvalue weighted by Crippen LogP contribution is -2.18.